The molecule has 144 valence electrons. The van der Waals surface area contributed by atoms with Crippen molar-refractivity contribution in [1.82, 2.24) is 9.78 Å². The van der Waals surface area contributed by atoms with E-state index in [2.05, 4.69) is 10.4 Å². The van der Waals surface area contributed by atoms with Crippen LogP contribution in [-0.2, 0) is 20.9 Å². The average molecular weight is 381 g/mol. The van der Waals surface area contributed by atoms with Crippen LogP contribution >= 0.6 is 0 Å². The normalized spacial score (nSPS) is 11.8. The molecule has 2 aromatic carbocycles. The van der Waals surface area contributed by atoms with Crippen LogP contribution in [0, 0.1) is 6.92 Å². The molecule has 1 aromatic heterocycles. The van der Waals surface area contributed by atoms with Crippen molar-refractivity contribution in [2.75, 3.05) is 5.32 Å². The van der Waals surface area contributed by atoms with Crippen LogP contribution in [0.4, 0.5) is 5.69 Å². The van der Waals surface area contributed by atoms with E-state index in [4.69, 9.17) is 4.74 Å². The third-order valence-corrected chi connectivity index (χ3v) is 4.17. The Bertz CT molecular complexity index is 1140. The van der Waals surface area contributed by atoms with Gasteiger partial charge < -0.3 is 10.1 Å². The van der Waals surface area contributed by atoms with E-state index in [0.29, 0.717) is 5.69 Å². The molecule has 1 atom stereocenters. The van der Waals surface area contributed by atoms with Crippen LogP contribution in [0.25, 0.3) is 10.8 Å². The molecule has 1 heterocycles. The van der Waals surface area contributed by atoms with Gasteiger partial charge >= 0.3 is 5.97 Å². The summed E-state index contributed by atoms with van der Waals surface area (Å²) in [6, 6.07) is 13.5. The minimum Gasteiger partial charge on any atom is -0.451 e. The maximum absolute atomic E-state index is 12.4. The van der Waals surface area contributed by atoms with Crippen LogP contribution < -0.4 is 16.4 Å². The lowest BCUT2D eigenvalue weighted by atomic mass is 10.2. The number of esters is 1. The van der Waals surface area contributed by atoms with Crippen molar-refractivity contribution < 1.29 is 14.3 Å². The molecule has 8 heteroatoms. The van der Waals surface area contributed by atoms with Gasteiger partial charge in [0.2, 0.25) is 0 Å². The van der Waals surface area contributed by atoms with Gasteiger partial charge in [0, 0.05) is 5.69 Å². The minimum atomic E-state index is -1.07. The van der Waals surface area contributed by atoms with Gasteiger partial charge in [0.25, 0.3) is 17.0 Å². The first-order valence-corrected chi connectivity index (χ1v) is 8.64. The van der Waals surface area contributed by atoms with Gasteiger partial charge in [-0.2, -0.15) is 0 Å². The molecule has 2 N–H and O–H groups in total. The van der Waals surface area contributed by atoms with Gasteiger partial charge in [-0.15, -0.1) is 0 Å². The van der Waals surface area contributed by atoms with Crippen LogP contribution in [0.5, 0.6) is 0 Å². The molecular formula is C20H19N3O5. The maximum Gasteiger partial charge on any atom is 0.328 e. The van der Waals surface area contributed by atoms with Crippen LogP contribution in [0.3, 0.4) is 0 Å². The second kappa shape index (κ2) is 7.91. The lowest BCUT2D eigenvalue weighted by Gasteiger charge is -2.14. The Labute approximate surface area is 159 Å². The van der Waals surface area contributed by atoms with Crippen molar-refractivity contribution in [2.45, 2.75) is 26.5 Å². The highest BCUT2D eigenvalue weighted by atomic mass is 16.5. The van der Waals surface area contributed by atoms with Crippen LogP contribution in [0.2, 0.25) is 0 Å². The molecule has 0 bridgehead atoms. The summed E-state index contributed by atoms with van der Waals surface area (Å²) in [5.41, 5.74) is 0.609. The largest absolute Gasteiger partial charge is 0.451 e. The number of carbonyl (C=O) groups is 2. The van der Waals surface area contributed by atoms with Gasteiger partial charge in [0.05, 0.1) is 10.8 Å². The molecule has 0 spiro atoms. The van der Waals surface area contributed by atoms with E-state index in [1.807, 2.05) is 19.1 Å². The van der Waals surface area contributed by atoms with Crippen LogP contribution in [0.15, 0.2) is 58.1 Å². The summed E-state index contributed by atoms with van der Waals surface area (Å²) in [6.45, 7) is 2.84. The van der Waals surface area contributed by atoms with Crippen molar-refractivity contribution in [3.05, 3.63) is 74.8 Å². The molecule has 0 saturated heterocycles. The summed E-state index contributed by atoms with van der Waals surface area (Å²) in [5, 5.41) is 5.42. The fourth-order valence-electron chi connectivity index (χ4n) is 2.66. The highest BCUT2D eigenvalue weighted by Gasteiger charge is 2.19. The molecule has 3 rings (SSSR count). The lowest BCUT2D eigenvalue weighted by Crippen LogP contribution is -2.35. The number of carbonyl (C=O) groups excluding carboxylic acids is 2. The first kappa shape index (κ1) is 19.1. The average Bonchev–Trinajstić information content (AvgIpc) is 2.67. The van der Waals surface area contributed by atoms with Gasteiger partial charge in [-0.3, -0.25) is 24.3 Å². The predicted octanol–water partition coefficient (Wildman–Crippen LogP) is 1.57. The summed E-state index contributed by atoms with van der Waals surface area (Å²) in [6.07, 6.45) is -1.07. The number of anilines is 1. The highest BCUT2D eigenvalue weighted by Crippen LogP contribution is 2.09. The number of fused-ring (bicyclic) bond motifs is 1. The SMILES string of the molecule is Cc1ccc(NC(=O)[C@@H](C)OC(=O)Cn2[nH]c(=O)c3ccccc3c2=O)cc1. The number of benzene rings is 2. The zero-order valence-electron chi connectivity index (χ0n) is 15.4. The summed E-state index contributed by atoms with van der Waals surface area (Å²) < 4.78 is 5.96. The van der Waals surface area contributed by atoms with Crippen LogP contribution in [0.1, 0.15) is 12.5 Å². The van der Waals surface area contributed by atoms with E-state index in [-0.39, 0.29) is 10.8 Å². The van der Waals surface area contributed by atoms with Crippen molar-refractivity contribution in [3.63, 3.8) is 0 Å². The zero-order valence-corrected chi connectivity index (χ0v) is 15.4. The summed E-state index contributed by atoms with van der Waals surface area (Å²) in [7, 11) is 0. The quantitative estimate of drug-likeness (QED) is 0.652. The lowest BCUT2D eigenvalue weighted by molar-refractivity contribution is -0.154. The number of aromatic amines is 1. The maximum atomic E-state index is 12.4. The van der Waals surface area contributed by atoms with Crippen molar-refractivity contribution in [3.8, 4) is 0 Å². The molecule has 1 amide bonds. The molecule has 28 heavy (non-hydrogen) atoms. The second-order valence-electron chi connectivity index (χ2n) is 6.37. The van der Waals surface area contributed by atoms with Gasteiger partial charge in [-0.25, -0.2) is 4.68 Å². The molecule has 0 fully saturated rings. The Morgan fingerprint density at radius 2 is 1.71 bits per heavy atom. The first-order chi connectivity index (χ1) is 13.3. The van der Waals surface area contributed by atoms with Crippen molar-refractivity contribution in [1.29, 1.82) is 0 Å². The molecule has 0 aliphatic rings. The fourth-order valence-corrected chi connectivity index (χ4v) is 2.66. The van der Waals surface area contributed by atoms with Crippen molar-refractivity contribution in [2.24, 2.45) is 0 Å². The highest BCUT2D eigenvalue weighted by molar-refractivity contribution is 5.95. The number of hydrogen-bond donors (Lipinski definition) is 2. The Morgan fingerprint density at radius 1 is 1.07 bits per heavy atom. The van der Waals surface area contributed by atoms with Gasteiger partial charge in [-0.05, 0) is 38.1 Å². The minimum absolute atomic E-state index is 0.198. The van der Waals surface area contributed by atoms with E-state index in [0.717, 1.165) is 10.2 Å². The second-order valence-corrected chi connectivity index (χ2v) is 6.37. The first-order valence-electron chi connectivity index (χ1n) is 8.64. The zero-order chi connectivity index (χ0) is 20.3. The van der Waals surface area contributed by atoms with E-state index in [9.17, 15) is 19.2 Å². The molecule has 0 unspecified atom stereocenters. The van der Waals surface area contributed by atoms with Gasteiger partial charge in [0.1, 0.15) is 6.54 Å². The topological polar surface area (TPSA) is 110 Å². The standard InChI is InChI=1S/C20H19N3O5/c1-12-7-9-14(10-8-12)21-18(25)13(2)28-17(24)11-23-20(27)16-6-4-3-5-15(16)19(26)22-23/h3-10,13H,11H2,1-2H3,(H,21,25)(H,22,26)/t13-/m1/s1. The third kappa shape index (κ3) is 4.17. The number of hydrogen-bond acceptors (Lipinski definition) is 5. The Balaban J connectivity index is 1.68. The Kier molecular flexibility index (Phi) is 5.39. The fraction of sp³-hybridized carbons (Fsp3) is 0.200. The summed E-state index contributed by atoms with van der Waals surface area (Å²) in [5.74, 6) is -1.32. The van der Waals surface area contributed by atoms with E-state index >= 15 is 0 Å². The monoisotopic (exact) mass is 381 g/mol. The Morgan fingerprint density at radius 3 is 2.39 bits per heavy atom. The molecule has 3 aromatic rings. The molecular weight excluding hydrogens is 362 g/mol. The van der Waals surface area contributed by atoms with Crippen LogP contribution in [-0.4, -0.2) is 27.8 Å². The number of nitrogens with zero attached hydrogens (tertiary/aromatic N) is 1. The molecule has 8 nitrogen and oxygen atoms in total. The molecule has 0 saturated carbocycles. The molecule has 0 aliphatic heterocycles. The molecule has 0 radical (unpaired) electrons. The number of H-pyrrole nitrogens is 1. The van der Waals surface area contributed by atoms with Gasteiger partial charge in [-0.1, -0.05) is 29.8 Å². The van der Waals surface area contributed by atoms with Crippen molar-refractivity contribution >= 4 is 28.3 Å². The number of aryl methyl sites for hydroxylation is 1. The number of rotatable bonds is 5. The number of ether oxygens (including phenoxy) is 1. The van der Waals surface area contributed by atoms with E-state index < -0.39 is 35.6 Å². The van der Waals surface area contributed by atoms with E-state index in [1.165, 1.54) is 19.1 Å². The number of amides is 1. The number of aromatic nitrogens is 2. The van der Waals surface area contributed by atoms with E-state index in [1.54, 1.807) is 24.3 Å². The molecule has 0 aliphatic carbocycles. The Hall–Kier alpha value is -3.68. The predicted molar refractivity (Wildman–Crippen MR) is 104 cm³/mol. The third-order valence-electron chi connectivity index (χ3n) is 4.17. The summed E-state index contributed by atoms with van der Waals surface area (Å²) in [4.78, 5) is 48.8. The summed E-state index contributed by atoms with van der Waals surface area (Å²) >= 11 is 0. The smallest absolute Gasteiger partial charge is 0.328 e. The van der Waals surface area contributed by atoms with Gasteiger partial charge in [0.15, 0.2) is 6.10 Å². The number of nitrogens with one attached hydrogen (secondary N) is 2.